The van der Waals surface area contributed by atoms with Gasteiger partial charge >= 0.3 is 0 Å². The summed E-state index contributed by atoms with van der Waals surface area (Å²) in [6.07, 6.45) is 2.41. The number of rotatable bonds is 2. The van der Waals surface area contributed by atoms with Crippen molar-refractivity contribution in [2.45, 2.75) is 25.2 Å². The third-order valence-corrected chi connectivity index (χ3v) is 4.28. The molecule has 1 aromatic rings. The molecule has 1 aliphatic rings. The molecule has 0 saturated heterocycles. The largest absolute Gasteiger partial charge is 0.330 e. The molecule has 1 aromatic carbocycles. The minimum Gasteiger partial charge on any atom is -0.330 e. The molecule has 0 aliphatic heterocycles. The Morgan fingerprint density at radius 3 is 2.64 bits per heavy atom. The Labute approximate surface area is 97.8 Å². The van der Waals surface area contributed by atoms with Crippen LogP contribution >= 0.6 is 27.5 Å². The topological polar surface area (TPSA) is 26.0 Å². The van der Waals surface area contributed by atoms with Crippen LogP contribution in [0.1, 0.15) is 24.0 Å². The molecule has 2 rings (SSSR count). The fourth-order valence-corrected chi connectivity index (χ4v) is 2.51. The van der Waals surface area contributed by atoms with Crippen LogP contribution < -0.4 is 5.73 Å². The molecule has 1 saturated carbocycles. The lowest BCUT2D eigenvalue weighted by Crippen LogP contribution is -2.20. The molecule has 2 N–H and O–H groups in total. The van der Waals surface area contributed by atoms with Crippen LogP contribution in [0.5, 0.6) is 0 Å². The van der Waals surface area contributed by atoms with E-state index >= 15 is 0 Å². The Balaban J connectivity index is 2.49. The molecule has 0 aromatic heterocycles. The fourth-order valence-electron chi connectivity index (χ4n) is 1.95. The van der Waals surface area contributed by atoms with Crippen LogP contribution in [-0.4, -0.2) is 6.54 Å². The molecule has 0 atom stereocenters. The van der Waals surface area contributed by atoms with Gasteiger partial charge < -0.3 is 5.73 Å². The standard InChI is InChI=1S/C11H13BrClN/c1-7-4-10(13)9(12)5-8(7)11(6-14)2-3-11/h4-5H,2-3,6,14H2,1H3. The summed E-state index contributed by atoms with van der Waals surface area (Å²) in [7, 11) is 0. The maximum absolute atomic E-state index is 6.02. The summed E-state index contributed by atoms with van der Waals surface area (Å²) < 4.78 is 0.972. The third-order valence-electron chi connectivity index (χ3n) is 3.08. The zero-order valence-corrected chi connectivity index (χ0v) is 10.5. The third kappa shape index (κ3) is 1.60. The van der Waals surface area contributed by atoms with E-state index in [1.54, 1.807) is 0 Å². The number of nitrogens with two attached hydrogens (primary N) is 1. The van der Waals surface area contributed by atoms with Crippen molar-refractivity contribution in [1.29, 1.82) is 0 Å². The molecular formula is C11H13BrClN. The lowest BCUT2D eigenvalue weighted by atomic mass is 9.92. The van der Waals surface area contributed by atoms with Crippen LogP contribution in [-0.2, 0) is 5.41 Å². The van der Waals surface area contributed by atoms with Crippen molar-refractivity contribution in [1.82, 2.24) is 0 Å². The summed E-state index contributed by atoms with van der Waals surface area (Å²) in [5.74, 6) is 0. The Morgan fingerprint density at radius 1 is 1.50 bits per heavy atom. The first-order valence-corrected chi connectivity index (χ1v) is 5.92. The summed E-state index contributed by atoms with van der Waals surface area (Å²) in [4.78, 5) is 0. The van der Waals surface area contributed by atoms with Gasteiger partial charge in [-0.25, -0.2) is 0 Å². The number of halogens is 2. The second-order valence-electron chi connectivity index (χ2n) is 4.07. The molecule has 0 bridgehead atoms. The molecule has 0 radical (unpaired) electrons. The normalized spacial score (nSPS) is 18.3. The van der Waals surface area contributed by atoms with E-state index in [2.05, 4.69) is 28.9 Å². The molecular weight excluding hydrogens is 261 g/mol. The van der Waals surface area contributed by atoms with E-state index in [1.165, 1.54) is 24.0 Å². The van der Waals surface area contributed by atoms with Gasteiger partial charge in [-0.2, -0.15) is 0 Å². The fraction of sp³-hybridized carbons (Fsp3) is 0.455. The maximum atomic E-state index is 6.02. The van der Waals surface area contributed by atoms with Crippen LogP contribution in [0, 0.1) is 6.92 Å². The van der Waals surface area contributed by atoms with Crippen LogP contribution in [0.25, 0.3) is 0 Å². The highest BCUT2D eigenvalue weighted by atomic mass is 79.9. The summed E-state index contributed by atoms with van der Waals surface area (Å²) in [5, 5.41) is 0.777. The van der Waals surface area contributed by atoms with E-state index < -0.39 is 0 Å². The number of benzene rings is 1. The van der Waals surface area contributed by atoms with Gasteiger partial charge in [0.1, 0.15) is 0 Å². The Morgan fingerprint density at radius 2 is 2.14 bits per heavy atom. The summed E-state index contributed by atoms with van der Waals surface area (Å²) in [5.41, 5.74) is 8.67. The molecule has 3 heteroatoms. The van der Waals surface area contributed by atoms with E-state index in [-0.39, 0.29) is 5.41 Å². The van der Waals surface area contributed by atoms with E-state index in [9.17, 15) is 0 Å². The van der Waals surface area contributed by atoms with Crippen molar-refractivity contribution < 1.29 is 0 Å². The zero-order chi connectivity index (χ0) is 10.3. The van der Waals surface area contributed by atoms with Gasteiger partial charge in [-0.3, -0.25) is 0 Å². The predicted molar refractivity (Wildman–Crippen MR) is 63.9 cm³/mol. The van der Waals surface area contributed by atoms with Gasteiger partial charge in [0, 0.05) is 16.4 Å². The van der Waals surface area contributed by atoms with Crippen LogP contribution in [0.4, 0.5) is 0 Å². The van der Waals surface area contributed by atoms with Gasteiger partial charge in [-0.15, -0.1) is 0 Å². The molecule has 76 valence electrons. The zero-order valence-electron chi connectivity index (χ0n) is 8.11. The molecule has 1 nitrogen and oxygen atoms in total. The van der Waals surface area contributed by atoms with Crippen molar-refractivity contribution in [2.24, 2.45) is 5.73 Å². The summed E-state index contributed by atoms with van der Waals surface area (Å²) in [6.45, 7) is 2.84. The minimum atomic E-state index is 0.247. The van der Waals surface area contributed by atoms with Gasteiger partial charge in [0.05, 0.1) is 5.02 Å². The molecule has 0 heterocycles. The van der Waals surface area contributed by atoms with Gasteiger partial charge in [0.25, 0.3) is 0 Å². The smallest absolute Gasteiger partial charge is 0.0550 e. The first kappa shape index (κ1) is 10.5. The van der Waals surface area contributed by atoms with Crippen molar-refractivity contribution in [3.63, 3.8) is 0 Å². The molecule has 1 aliphatic carbocycles. The van der Waals surface area contributed by atoms with Crippen LogP contribution in [0.15, 0.2) is 16.6 Å². The number of hydrogen-bond acceptors (Lipinski definition) is 1. The highest BCUT2D eigenvalue weighted by Gasteiger charge is 2.43. The van der Waals surface area contributed by atoms with Crippen LogP contribution in [0.3, 0.4) is 0 Å². The van der Waals surface area contributed by atoms with E-state index in [0.29, 0.717) is 0 Å². The quantitative estimate of drug-likeness (QED) is 0.879. The Bertz CT molecular complexity index is 372. The highest BCUT2D eigenvalue weighted by Crippen LogP contribution is 2.49. The van der Waals surface area contributed by atoms with Crippen LogP contribution in [0.2, 0.25) is 5.02 Å². The highest BCUT2D eigenvalue weighted by molar-refractivity contribution is 9.10. The average Bonchev–Trinajstić information content (AvgIpc) is 2.92. The minimum absolute atomic E-state index is 0.247. The first-order valence-electron chi connectivity index (χ1n) is 4.75. The number of aryl methyl sites for hydroxylation is 1. The monoisotopic (exact) mass is 273 g/mol. The SMILES string of the molecule is Cc1cc(Cl)c(Br)cc1C1(CN)CC1. The predicted octanol–water partition coefficient (Wildman–Crippen LogP) is 3.40. The van der Waals surface area contributed by atoms with Gasteiger partial charge in [-0.1, -0.05) is 11.6 Å². The van der Waals surface area contributed by atoms with E-state index in [4.69, 9.17) is 17.3 Å². The van der Waals surface area contributed by atoms with Gasteiger partial charge in [0.2, 0.25) is 0 Å². The Hall–Kier alpha value is -0.0500. The lowest BCUT2D eigenvalue weighted by Gasteiger charge is -2.16. The van der Waals surface area contributed by atoms with Crippen molar-refractivity contribution >= 4 is 27.5 Å². The molecule has 14 heavy (non-hydrogen) atoms. The number of hydrogen-bond donors (Lipinski definition) is 1. The summed E-state index contributed by atoms with van der Waals surface area (Å²) >= 11 is 9.48. The van der Waals surface area contributed by atoms with Crippen molar-refractivity contribution in [3.8, 4) is 0 Å². The van der Waals surface area contributed by atoms with E-state index in [1.807, 2.05) is 6.07 Å². The first-order chi connectivity index (χ1) is 6.59. The summed E-state index contributed by atoms with van der Waals surface area (Å²) in [6, 6.07) is 4.13. The average molecular weight is 275 g/mol. The molecule has 1 fully saturated rings. The molecule has 0 amide bonds. The van der Waals surface area contributed by atoms with Crippen molar-refractivity contribution in [2.75, 3.05) is 6.54 Å². The Kier molecular flexibility index (Phi) is 2.63. The second-order valence-corrected chi connectivity index (χ2v) is 5.33. The van der Waals surface area contributed by atoms with Gasteiger partial charge in [-0.05, 0) is 59.0 Å². The maximum Gasteiger partial charge on any atom is 0.0550 e. The van der Waals surface area contributed by atoms with E-state index in [0.717, 1.165) is 16.0 Å². The molecule has 0 spiro atoms. The van der Waals surface area contributed by atoms with Crippen molar-refractivity contribution in [3.05, 3.63) is 32.8 Å². The van der Waals surface area contributed by atoms with Gasteiger partial charge in [0.15, 0.2) is 0 Å². The molecule has 0 unspecified atom stereocenters. The lowest BCUT2D eigenvalue weighted by molar-refractivity contribution is 0.699. The second kappa shape index (κ2) is 3.51.